The third-order valence-electron chi connectivity index (χ3n) is 6.60. The number of benzene rings is 3. The van der Waals surface area contributed by atoms with Crippen LogP contribution in [0.2, 0.25) is 0 Å². The molecule has 5 rings (SSSR count). The molecule has 5 aromatic rings. The highest BCUT2D eigenvalue weighted by molar-refractivity contribution is 5.65. The van der Waals surface area contributed by atoms with Gasteiger partial charge in [-0.3, -0.25) is 9.97 Å². The number of halogens is 1. The molecule has 0 N–H and O–H groups in total. The molecule has 0 saturated heterocycles. The van der Waals surface area contributed by atoms with E-state index in [2.05, 4.69) is 122 Å². The van der Waals surface area contributed by atoms with Crippen molar-refractivity contribution in [1.82, 2.24) is 9.97 Å². The third-order valence-corrected chi connectivity index (χ3v) is 6.60. The summed E-state index contributed by atoms with van der Waals surface area (Å²) in [6.45, 7) is 3.01. The Kier molecular flexibility index (Phi) is 9.53. The number of quaternary nitrogens is 1. The number of aromatic nitrogens is 2. The zero-order valence-electron chi connectivity index (χ0n) is 23.8. The van der Waals surface area contributed by atoms with Gasteiger partial charge in [-0.2, -0.15) is 0 Å². The second-order valence-corrected chi connectivity index (χ2v) is 10.9. The highest BCUT2D eigenvalue weighted by Gasteiger charge is 2.12. The van der Waals surface area contributed by atoms with Gasteiger partial charge in [-0.05, 0) is 95.4 Å². The van der Waals surface area contributed by atoms with E-state index in [1.54, 1.807) is 0 Å². The SMILES string of the molecule is Cc1c(C#Cc2ccc(-c3ccncc3)cc2)cc(C[N+](C)(C)C)cc1C#Cc1ccc(-c2ccncc2)cc1.[Br-]. The fraction of sp³-hybridized carbons (Fsp3) is 0.135. The van der Waals surface area contributed by atoms with Crippen LogP contribution >= 0.6 is 0 Å². The first-order valence-electron chi connectivity index (χ1n) is 13.3. The van der Waals surface area contributed by atoms with Gasteiger partial charge in [0.25, 0.3) is 0 Å². The first-order valence-corrected chi connectivity index (χ1v) is 13.3. The molecule has 2 heterocycles. The third kappa shape index (κ3) is 8.03. The average molecular weight is 599 g/mol. The zero-order chi connectivity index (χ0) is 28.0. The molecule has 202 valence electrons. The van der Waals surface area contributed by atoms with Gasteiger partial charge in [0.2, 0.25) is 0 Å². The molecule has 0 fully saturated rings. The van der Waals surface area contributed by atoms with Crippen molar-refractivity contribution in [3.8, 4) is 45.9 Å². The van der Waals surface area contributed by atoms with E-state index in [0.29, 0.717) is 0 Å². The highest BCUT2D eigenvalue weighted by Crippen LogP contribution is 2.21. The quantitative estimate of drug-likeness (QED) is 0.230. The first-order chi connectivity index (χ1) is 19.3. The normalized spacial score (nSPS) is 10.4. The lowest BCUT2D eigenvalue weighted by atomic mass is 9.97. The molecule has 0 radical (unpaired) electrons. The molecule has 0 bridgehead atoms. The molecule has 0 spiro atoms. The lowest BCUT2D eigenvalue weighted by Gasteiger charge is -2.24. The molecular weight excluding hydrogens is 566 g/mol. The average Bonchev–Trinajstić information content (AvgIpc) is 2.97. The topological polar surface area (TPSA) is 25.8 Å². The van der Waals surface area contributed by atoms with Gasteiger partial charge >= 0.3 is 0 Å². The van der Waals surface area contributed by atoms with Crippen LogP contribution in [0, 0.1) is 30.6 Å². The summed E-state index contributed by atoms with van der Waals surface area (Å²) < 4.78 is 0.829. The van der Waals surface area contributed by atoms with Gasteiger partial charge in [0.15, 0.2) is 0 Å². The Morgan fingerprint density at radius 3 is 1.27 bits per heavy atom. The molecule has 0 aliphatic heterocycles. The Morgan fingerprint density at radius 2 is 0.902 bits per heavy atom. The van der Waals surface area contributed by atoms with Crippen LogP contribution in [0.25, 0.3) is 22.3 Å². The van der Waals surface area contributed by atoms with Crippen molar-refractivity contribution in [2.45, 2.75) is 13.5 Å². The summed E-state index contributed by atoms with van der Waals surface area (Å²) in [7, 11) is 6.60. The molecule has 4 heteroatoms. The summed E-state index contributed by atoms with van der Waals surface area (Å²) in [4.78, 5) is 8.21. The van der Waals surface area contributed by atoms with E-state index in [1.165, 1.54) is 5.56 Å². The minimum absolute atomic E-state index is 0. The Bertz CT molecular complexity index is 1610. The van der Waals surface area contributed by atoms with E-state index >= 15 is 0 Å². The summed E-state index contributed by atoms with van der Waals surface area (Å²) in [6.07, 6.45) is 7.25. The molecule has 0 aliphatic rings. The number of hydrogen-bond donors (Lipinski definition) is 0. The van der Waals surface area contributed by atoms with Gasteiger partial charge in [-0.1, -0.05) is 47.9 Å². The van der Waals surface area contributed by atoms with Gasteiger partial charge in [0.05, 0.1) is 21.1 Å². The van der Waals surface area contributed by atoms with E-state index in [0.717, 1.165) is 61.1 Å². The van der Waals surface area contributed by atoms with Crippen molar-refractivity contribution in [3.05, 3.63) is 143 Å². The fourth-order valence-electron chi connectivity index (χ4n) is 4.53. The van der Waals surface area contributed by atoms with E-state index in [1.807, 2.05) is 49.1 Å². The molecule has 3 nitrogen and oxygen atoms in total. The summed E-state index contributed by atoms with van der Waals surface area (Å²) in [6, 6.07) is 29.2. The zero-order valence-corrected chi connectivity index (χ0v) is 25.4. The van der Waals surface area contributed by atoms with Crippen molar-refractivity contribution >= 4 is 0 Å². The Morgan fingerprint density at radius 1 is 0.537 bits per heavy atom. The van der Waals surface area contributed by atoms with Crippen LogP contribution in [0.5, 0.6) is 0 Å². The smallest absolute Gasteiger partial charge is 0.104 e. The Labute approximate surface area is 254 Å². The molecule has 0 unspecified atom stereocenters. The summed E-state index contributed by atoms with van der Waals surface area (Å²) >= 11 is 0. The molecular formula is C37H32BrN3. The second-order valence-electron chi connectivity index (χ2n) is 10.9. The summed E-state index contributed by atoms with van der Waals surface area (Å²) in [5.74, 6) is 13.6. The van der Waals surface area contributed by atoms with E-state index in [4.69, 9.17) is 0 Å². The van der Waals surface area contributed by atoms with E-state index in [-0.39, 0.29) is 17.0 Å². The maximum atomic E-state index is 4.11. The number of rotatable bonds is 4. The van der Waals surface area contributed by atoms with Gasteiger partial charge in [0, 0.05) is 52.6 Å². The minimum Gasteiger partial charge on any atom is -1.00 e. The van der Waals surface area contributed by atoms with Gasteiger partial charge in [-0.25, -0.2) is 0 Å². The van der Waals surface area contributed by atoms with Crippen LogP contribution in [-0.4, -0.2) is 35.6 Å². The van der Waals surface area contributed by atoms with E-state index < -0.39 is 0 Å². The summed E-state index contributed by atoms with van der Waals surface area (Å²) in [5, 5.41) is 0. The second kappa shape index (κ2) is 13.2. The molecule has 41 heavy (non-hydrogen) atoms. The minimum atomic E-state index is 0. The van der Waals surface area contributed by atoms with Gasteiger partial charge in [0.1, 0.15) is 6.54 Å². The monoisotopic (exact) mass is 597 g/mol. The first kappa shape index (κ1) is 29.5. The van der Waals surface area contributed by atoms with Gasteiger partial charge < -0.3 is 21.5 Å². The highest BCUT2D eigenvalue weighted by atomic mass is 79.9. The van der Waals surface area contributed by atoms with Crippen molar-refractivity contribution in [3.63, 3.8) is 0 Å². The standard InChI is InChI=1S/C37H32N3.BrH/c1-28-36(15-9-29-5-11-32(12-6-29)34-17-21-38-22-18-34)25-31(27-40(2,3)4)26-37(28)16-10-30-7-13-33(14-8-30)35-19-23-39-24-20-35;/h5-8,11-14,17-26H,27H2,1-4H3;1H/q+1;/p-1. The summed E-state index contributed by atoms with van der Waals surface area (Å²) in [5.41, 5.74) is 10.9. The Hall–Kier alpha value is -4.48. The van der Waals surface area contributed by atoms with Crippen molar-refractivity contribution in [2.75, 3.05) is 21.1 Å². The number of pyridine rings is 2. The fourth-order valence-corrected chi connectivity index (χ4v) is 4.53. The molecule has 3 aromatic carbocycles. The van der Waals surface area contributed by atoms with Crippen LogP contribution in [0.1, 0.15) is 33.4 Å². The van der Waals surface area contributed by atoms with Gasteiger partial charge in [-0.15, -0.1) is 0 Å². The largest absolute Gasteiger partial charge is 1.00 e. The predicted octanol–water partition coefficient (Wildman–Crippen LogP) is 4.13. The molecule has 2 aromatic heterocycles. The van der Waals surface area contributed by atoms with Crippen molar-refractivity contribution < 1.29 is 21.5 Å². The molecule has 0 amide bonds. The maximum absolute atomic E-state index is 4.11. The maximum Gasteiger partial charge on any atom is 0.104 e. The van der Waals surface area contributed by atoms with Crippen molar-refractivity contribution in [1.29, 1.82) is 0 Å². The number of hydrogen-bond acceptors (Lipinski definition) is 2. The van der Waals surface area contributed by atoms with E-state index in [9.17, 15) is 0 Å². The number of nitrogens with zero attached hydrogens (tertiary/aromatic N) is 3. The van der Waals surface area contributed by atoms with Crippen LogP contribution in [0.15, 0.2) is 110 Å². The van der Waals surface area contributed by atoms with Crippen LogP contribution < -0.4 is 17.0 Å². The molecule has 0 atom stereocenters. The van der Waals surface area contributed by atoms with Crippen LogP contribution in [-0.2, 0) is 6.54 Å². The van der Waals surface area contributed by atoms with Crippen LogP contribution in [0.4, 0.5) is 0 Å². The van der Waals surface area contributed by atoms with Crippen molar-refractivity contribution in [2.24, 2.45) is 0 Å². The predicted molar refractivity (Wildman–Crippen MR) is 164 cm³/mol. The molecule has 0 aliphatic carbocycles. The lowest BCUT2D eigenvalue weighted by molar-refractivity contribution is -0.884. The van der Waals surface area contributed by atoms with Crippen LogP contribution in [0.3, 0.4) is 0 Å². The lowest BCUT2D eigenvalue weighted by Crippen LogP contribution is -3.00. The Balaban J connectivity index is 0.00000387. The molecule has 0 saturated carbocycles.